The van der Waals surface area contributed by atoms with Gasteiger partial charge < -0.3 is 14.9 Å². The van der Waals surface area contributed by atoms with Crippen LogP contribution in [0.1, 0.15) is 11.1 Å². The average Bonchev–Trinajstić information content (AvgIpc) is 3.05. The van der Waals surface area contributed by atoms with Crippen LogP contribution in [0.4, 0.5) is 4.39 Å². The van der Waals surface area contributed by atoms with Crippen LogP contribution in [0.25, 0.3) is 0 Å². The van der Waals surface area contributed by atoms with E-state index in [0.29, 0.717) is 33.4 Å². The molecule has 3 rings (SSSR count). The van der Waals surface area contributed by atoms with Gasteiger partial charge in [-0.1, -0.05) is 33.6 Å². The molecule has 3 aromatic rings. The van der Waals surface area contributed by atoms with Crippen molar-refractivity contribution in [2.45, 2.75) is 13.2 Å². The maximum absolute atomic E-state index is 13.2. The largest absolute Gasteiger partial charge is 0.493 e. The first kappa shape index (κ1) is 19.7. The number of methoxy groups -OCH3 is 1. The van der Waals surface area contributed by atoms with Gasteiger partial charge in [0.2, 0.25) is 4.77 Å². The molecule has 0 amide bonds. The van der Waals surface area contributed by atoms with Gasteiger partial charge in [-0.2, -0.15) is 5.10 Å². The lowest BCUT2D eigenvalue weighted by atomic mass is 10.2. The Bertz CT molecular complexity index is 1010. The predicted molar refractivity (Wildman–Crippen MR) is 107 cm³/mol. The molecule has 0 aliphatic carbocycles. The van der Waals surface area contributed by atoms with Crippen molar-refractivity contribution in [1.29, 1.82) is 0 Å². The van der Waals surface area contributed by atoms with E-state index < -0.39 is 5.82 Å². The SMILES string of the molecule is COc1cc(CNn2cn[nH]c2=S)c(Br)cc1OCc1ccc(F)cc1Cl. The van der Waals surface area contributed by atoms with Gasteiger partial charge in [0.1, 0.15) is 18.8 Å². The smallest absolute Gasteiger partial charge is 0.214 e. The van der Waals surface area contributed by atoms with Crippen LogP contribution >= 0.6 is 39.7 Å². The number of aromatic nitrogens is 3. The molecule has 2 N–H and O–H groups in total. The molecule has 27 heavy (non-hydrogen) atoms. The molecule has 2 aromatic carbocycles. The fraction of sp³-hybridized carbons (Fsp3) is 0.176. The molecule has 0 fully saturated rings. The number of H-pyrrole nitrogens is 1. The van der Waals surface area contributed by atoms with E-state index in [-0.39, 0.29) is 6.61 Å². The van der Waals surface area contributed by atoms with Crippen molar-refractivity contribution in [3.63, 3.8) is 0 Å². The lowest BCUT2D eigenvalue weighted by molar-refractivity contribution is 0.284. The first-order chi connectivity index (χ1) is 13.0. The molecular weight excluding hydrogens is 459 g/mol. The number of nitrogens with one attached hydrogen (secondary N) is 2. The fourth-order valence-electron chi connectivity index (χ4n) is 2.31. The van der Waals surface area contributed by atoms with Crippen molar-refractivity contribution >= 4 is 39.7 Å². The normalized spacial score (nSPS) is 10.7. The highest BCUT2D eigenvalue weighted by atomic mass is 79.9. The molecule has 0 saturated carbocycles. The molecule has 1 aromatic heterocycles. The van der Waals surface area contributed by atoms with E-state index in [1.165, 1.54) is 12.1 Å². The van der Waals surface area contributed by atoms with Crippen LogP contribution in [-0.4, -0.2) is 22.0 Å². The third-order valence-corrected chi connectivity index (χ3v) is 5.10. The molecule has 0 radical (unpaired) electrons. The van der Waals surface area contributed by atoms with Crippen LogP contribution in [-0.2, 0) is 13.2 Å². The van der Waals surface area contributed by atoms with Crippen molar-refractivity contribution in [3.05, 3.63) is 67.9 Å². The second-order valence-corrected chi connectivity index (χ2v) is 7.13. The quantitative estimate of drug-likeness (QED) is 0.481. The molecule has 10 heteroatoms. The first-order valence-corrected chi connectivity index (χ1v) is 9.35. The minimum atomic E-state index is -0.390. The number of halogens is 3. The van der Waals surface area contributed by atoms with E-state index in [4.69, 9.17) is 33.3 Å². The van der Waals surface area contributed by atoms with Crippen molar-refractivity contribution < 1.29 is 13.9 Å². The summed E-state index contributed by atoms with van der Waals surface area (Å²) in [5.74, 6) is 0.705. The van der Waals surface area contributed by atoms with Gasteiger partial charge in [-0.15, -0.1) is 0 Å². The van der Waals surface area contributed by atoms with Gasteiger partial charge in [-0.05, 0) is 42.0 Å². The number of ether oxygens (including phenoxy) is 2. The van der Waals surface area contributed by atoms with Crippen LogP contribution in [0, 0.1) is 10.6 Å². The highest BCUT2D eigenvalue weighted by Gasteiger charge is 2.12. The van der Waals surface area contributed by atoms with E-state index in [2.05, 4.69) is 31.6 Å². The van der Waals surface area contributed by atoms with Gasteiger partial charge in [0.15, 0.2) is 11.5 Å². The minimum Gasteiger partial charge on any atom is -0.493 e. The van der Waals surface area contributed by atoms with Crippen LogP contribution in [0.5, 0.6) is 11.5 Å². The number of nitrogens with zero attached hydrogens (tertiary/aromatic N) is 2. The molecular formula is C17H15BrClFN4O2S. The highest BCUT2D eigenvalue weighted by Crippen LogP contribution is 2.34. The van der Waals surface area contributed by atoms with E-state index in [1.807, 2.05) is 12.1 Å². The van der Waals surface area contributed by atoms with E-state index in [1.54, 1.807) is 24.2 Å². The molecule has 6 nitrogen and oxygen atoms in total. The zero-order chi connectivity index (χ0) is 19.4. The predicted octanol–water partition coefficient (Wildman–Crippen LogP) is 4.83. The molecule has 0 saturated heterocycles. The Kier molecular flexibility index (Phi) is 6.35. The third-order valence-electron chi connectivity index (χ3n) is 3.72. The van der Waals surface area contributed by atoms with Gasteiger partial charge in [0.05, 0.1) is 18.7 Å². The summed E-state index contributed by atoms with van der Waals surface area (Å²) < 4.78 is 27.3. The van der Waals surface area contributed by atoms with Crippen molar-refractivity contribution in [2.24, 2.45) is 0 Å². The molecule has 0 aliphatic rings. The van der Waals surface area contributed by atoms with Gasteiger partial charge in [0.25, 0.3) is 0 Å². The first-order valence-electron chi connectivity index (χ1n) is 7.77. The van der Waals surface area contributed by atoms with E-state index in [0.717, 1.165) is 10.0 Å². The maximum Gasteiger partial charge on any atom is 0.214 e. The van der Waals surface area contributed by atoms with Crippen LogP contribution in [0.15, 0.2) is 41.1 Å². The molecule has 0 unspecified atom stereocenters. The van der Waals surface area contributed by atoms with Crippen LogP contribution in [0.3, 0.4) is 0 Å². The van der Waals surface area contributed by atoms with Crippen molar-refractivity contribution in [1.82, 2.24) is 14.9 Å². The van der Waals surface area contributed by atoms with Gasteiger partial charge >= 0.3 is 0 Å². The summed E-state index contributed by atoms with van der Waals surface area (Å²) in [6.45, 7) is 0.665. The van der Waals surface area contributed by atoms with Crippen molar-refractivity contribution in [2.75, 3.05) is 12.5 Å². The Labute approximate surface area is 173 Å². The molecule has 0 atom stereocenters. The summed E-state index contributed by atoms with van der Waals surface area (Å²) in [6, 6.07) is 7.84. The highest BCUT2D eigenvalue weighted by molar-refractivity contribution is 9.10. The summed E-state index contributed by atoms with van der Waals surface area (Å²) in [5.41, 5.74) is 4.74. The van der Waals surface area contributed by atoms with Gasteiger partial charge in [-0.25, -0.2) is 9.07 Å². The zero-order valence-electron chi connectivity index (χ0n) is 14.1. The standard InChI is InChI=1S/C17H15BrClFN4O2S/c1-25-15-4-11(7-22-24-9-21-23-17(24)27)13(18)6-16(15)26-8-10-2-3-12(20)5-14(10)19/h2-6,9,22H,7-8H2,1H3,(H,23,27). The molecule has 0 aliphatic heterocycles. The fourth-order valence-corrected chi connectivity index (χ4v) is 3.16. The minimum absolute atomic E-state index is 0.184. The zero-order valence-corrected chi connectivity index (χ0v) is 17.3. The number of rotatable bonds is 7. The van der Waals surface area contributed by atoms with Gasteiger partial charge in [-0.3, -0.25) is 5.10 Å². The maximum atomic E-state index is 13.2. The van der Waals surface area contributed by atoms with E-state index in [9.17, 15) is 4.39 Å². The summed E-state index contributed by atoms with van der Waals surface area (Å²) >= 11 is 14.7. The summed E-state index contributed by atoms with van der Waals surface area (Å²) in [7, 11) is 1.56. The Hall–Kier alpha value is -2.10. The third kappa shape index (κ3) is 4.79. The molecule has 142 valence electrons. The molecule has 0 bridgehead atoms. The second-order valence-electron chi connectivity index (χ2n) is 5.49. The van der Waals surface area contributed by atoms with Gasteiger partial charge in [0, 0.05) is 10.0 Å². The van der Waals surface area contributed by atoms with Crippen LogP contribution < -0.4 is 14.9 Å². The summed E-state index contributed by atoms with van der Waals surface area (Å²) in [4.78, 5) is 0. The Morgan fingerprint density at radius 3 is 2.78 bits per heavy atom. The van der Waals surface area contributed by atoms with Crippen molar-refractivity contribution in [3.8, 4) is 11.5 Å². The van der Waals surface area contributed by atoms with Crippen LogP contribution in [0.2, 0.25) is 5.02 Å². The number of aromatic amines is 1. The number of hydrogen-bond donors (Lipinski definition) is 2. The Morgan fingerprint density at radius 2 is 2.11 bits per heavy atom. The summed E-state index contributed by atoms with van der Waals surface area (Å²) in [5, 5.41) is 6.83. The summed E-state index contributed by atoms with van der Waals surface area (Å²) in [6.07, 6.45) is 1.55. The number of hydrogen-bond acceptors (Lipinski definition) is 5. The topological polar surface area (TPSA) is 64.1 Å². The second kappa shape index (κ2) is 8.73. The van der Waals surface area contributed by atoms with E-state index >= 15 is 0 Å². The lowest BCUT2D eigenvalue weighted by Gasteiger charge is -2.15. The molecule has 1 heterocycles. The Morgan fingerprint density at radius 1 is 1.30 bits per heavy atom. The number of benzene rings is 2. The average molecular weight is 474 g/mol. The molecule has 0 spiro atoms. The Balaban J connectivity index is 1.75. The monoisotopic (exact) mass is 472 g/mol. The lowest BCUT2D eigenvalue weighted by Crippen LogP contribution is -2.14.